The van der Waals surface area contributed by atoms with Crippen LogP contribution in [-0.4, -0.2) is 42.8 Å². The van der Waals surface area contributed by atoms with E-state index in [0.29, 0.717) is 44.0 Å². The first kappa shape index (κ1) is 24.7. The number of amides is 1. The molecular formula is C25H35FN2O3. The van der Waals surface area contributed by atoms with Gasteiger partial charge in [0.25, 0.3) is 0 Å². The normalized spacial score (nSPS) is 14.0. The Balaban J connectivity index is 0.00000166. The van der Waals surface area contributed by atoms with Gasteiger partial charge < -0.3 is 19.3 Å². The molecule has 1 fully saturated rings. The summed E-state index contributed by atoms with van der Waals surface area (Å²) in [5.74, 6) is -0.258. The van der Waals surface area contributed by atoms with Gasteiger partial charge in [0.15, 0.2) is 5.82 Å². The van der Waals surface area contributed by atoms with Crippen molar-refractivity contribution >= 4 is 11.8 Å². The Kier molecular flexibility index (Phi) is 9.31. The first-order valence-corrected chi connectivity index (χ1v) is 11.0. The summed E-state index contributed by atoms with van der Waals surface area (Å²) in [7, 11) is 0. The number of carbonyl (C=O) groups excluding carboxylic acids is 1. The van der Waals surface area contributed by atoms with Crippen molar-refractivity contribution in [2.24, 2.45) is 0 Å². The highest BCUT2D eigenvalue weighted by molar-refractivity contribution is 5.68. The highest BCUT2D eigenvalue weighted by atomic mass is 19.1. The van der Waals surface area contributed by atoms with E-state index in [1.54, 1.807) is 17.0 Å². The van der Waals surface area contributed by atoms with Gasteiger partial charge in [-0.3, -0.25) is 0 Å². The Bertz CT molecular complexity index is 813. The number of anilines is 1. The van der Waals surface area contributed by atoms with Gasteiger partial charge in [-0.1, -0.05) is 56.3 Å². The maximum Gasteiger partial charge on any atom is 0.410 e. The van der Waals surface area contributed by atoms with Crippen LogP contribution in [-0.2, 0) is 22.7 Å². The third-order valence-corrected chi connectivity index (χ3v) is 4.70. The molecule has 1 heterocycles. The maximum atomic E-state index is 15.0. The molecule has 31 heavy (non-hydrogen) atoms. The van der Waals surface area contributed by atoms with Crippen molar-refractivity contribution < 1.29 is 18.7 Å². The predicted octanol–water partition coefficient (Wildman–Crippen LogP) is 5.63. The van der Waals surface area contributed by atoms with Crippen LogP contribution in [0.4, 0.5) is 14.9 Å². The van der Waals surface area contributed by atoms with E-state index < -0.39 is 5.60 Å². The zero-order chi connectivity index (χ0) is 22.9. The van der Waals surface area contributed by atoms with Gasteiger partial charge in [0.2, 0.25) is 0 Å². The number of rotatable bonds is 5. The Morgan fingerprint density at radius 1 is 0.935 bits per heavy atom. The second kappa shape index (κ2) is 11.7. The minimum absolute atomic E-state index is 0.215. The average molecular weight is 431 g/mol. The highest BCUT2D eigenvalue weighted by Crippen LogP contribution is 2.25. The zero-order valence-corrected chi connectivity index (χ0v) is 19.4. The van der Waals surface area contributed by atoms with Crippen LogP contribution in [0.25, 0.3) is 0 Å². The van der Waals surface area contributed by atoms with Gasteiger partial charge in [-0.05, 0) is 32.4 Å². The Morgan fingerprint density at radius 3 is 2.19 bits per heavy atom. The molecule has 170 valence electrons. The SMILES string of the molecule is CC.CC(C)(C)OC(=O)N1CCN(c2cccc(COCc3ccccc3)c2F)CC1. The smallest absolute Gasteiger partial charge is 0.410 e. The molecule has 0 atom stereocenters. The summed E-state index contributed by atoms with van der Waals surface area (Å²) in [5.41, 5.74) is 1.62. The molecule has 1 saturated heterocycles. The maximum absolute atomic E-state index is 15.0. The van der Waals surface area contributed by atoms with E-state index in [-0.39, 0.29) is 18.5 Å². The first-order valence-electron chi connectivity index (χ1n) is 11.0. The van der Waals surface area contributed by atoms with E-state index in [2.05, 4.69) is 0 Å². The highest BCUT2D eigenvalue weighted by Gasteiger charge is 2.27. The average Bonchev–Trinajstić information content (AvgIpc) is 2.76. The molecule has 1 aliphatic heterocycles. The van der Waals surface area contributed by atoms with Gasteiger partial charge in [-0.25, -0.2) is 9.18 Å². The molecule has 0 aliphatic carbocycles. The zero-order valence-electron chi connectivity index (χ0n) is 19.4. The fraction of sp³-hybridized carbons (Fsp3) is 0.480. The summed E-state index contributed by atoms with van der Waals surface area (Å²) in [6.07, 6.45) is -0.319. The lowest BCUT2D eigenvalue weighted by Gasteiger charge is -2.37. The van der Waals surface area contributed by atoms with Crippen molar-refractivity contribution in [1.29, 1.82) is 0 Å². The molecule has 0 spiro atoms. The number of carbonyl (C=O) groups is 1. The first-order chi connectivity index (χ1) is 14.8. The van der Waals surface area contributed by atoms with Gasteiger partial charge in [-0.2, -0.15) is 0 Å². The molecule has 3 rings (SSSR count). The van der Waals surface area contributed by atoms with Crippen LogP contribution in [0, 0.1) is 5.82 Å². The molecule has 0 bridgehead atoms. The quantitative estimate of drug-likeness (QED) is 0.617. The molecule has 0 radical (unpaired) electrons. The van der Waals surface area contributed by atoms with E-state index in [9.17, 15) is 4.79 Å². The Morgan fingerprint density at radius 2 is 1.58 bits per heavy atom. The van der Waals surface area contributed by atoms with Gasteiger partial charge in [-0.15, -0.1) is 0 Å². The summed E-state index contributed by atoms with van der Waals surface area (Å²) in [4.78, 5) is 15.8. The number of halogens is 1. The molecular weight excluding hydrogens is 395 g/mol. The second-order valence-corrected chi connectivity index (χ2v) is 8.18. The minimum atomic E-state index is -0.519. The van der Waals surface area contributed by atoms with Crippen molar-refractivity contribution in [2.45, 2.75) is 53.4 Å². The monoisotopic (exact) mass is 430 g/mol. The minimum Gasteiger partial charge on any atom is -0.444 e. The number of hydrogen-bond donors (Lipinski definition) is 0. The molecule has 2 aromatic carbocycles. The number of piperazine rings is 1. The number of hydrogen-bond acceptors (Lipinski definition) is 4. The van der Waals surface area contributed by atoms with E-state index in [4.69, 9.17) is 9.47 Å². The topological polar surface area (TPSA) is 42.0 Å². The summed E-state index contributed by atoms with van der Waals surface area (Å²) >= 11 is 0. The standard InChI is InChI=1S/C23H29FN2O3.C2H6/c1-23(2,3)29-22(27)26-14-12-25(13-15-26)20-11-7-10-19(21(20)24)17-28-16-18-8-5-4-6-9-18;1-2/h4-11H,12-17H2,1-3H3;1-2H3. The van der Waals surface area contributed by atoms with Crippen LogP contribution in [0.2, 0.25) is 0 Å². The number of ether oxygens (including phenoxy) is 2. The van der Waals surface area contributed by atoms with E-state index in [1.165, 1.54) is 0 Å². The van der Waals surface area contributed by atoms with Crippen LogP contribution < -0.4 is 4.90 Å². The van der Waals surface area contributed by atoms with Crippen LogP contribution in [0.1, 0.15) is 45.7 Å². The molecule has 0 aromatic heterocycles. The Labute approximate surface area is 185 Å². The third-order valence-electron chi connectivity index (χ3n) is 4.70. The van der Waals surface area contributed by atoms with Crippen molar-refractivity contribution in [1.82, 2.24) is 4.90 Å². The van der Waals surface area contributed by atoms with E-state index in [0.717, 1.165) is 5.56 Å². The lowest BCUT2D eigenvalue weighted by molar-refractivity contribution is 0.0240. The van der Waals surface area contributed by atoms with Crippen molar-refractivity contribution in [2.75, 3.05) is 31.1 Å². The summed E-state index contributed by atoms with van der Waals surface area (Å²) in [6.45, 7) is 12.3. The lowest BCUT2D eigenvalue weighted by Crippen LogP contribution is -2.50. The molecule has 1 aliphatic rings. The molecule has 0 saturated carbocycles. The fourth-order valence-electron chi connectivity index (χ4n) is 3.23. The summed E-state index contributed by atoms with van der Waals surface area (Å²) in [6, 6.07) is 15.2. The Hall–Kier alpha value is -2.60. The largest absolute Gasteiger partial charge is 0.444 e. The molecule has 6 heteroatoms. The molecule has 5 nitrogen and oxygen atoms in total. The molecule has 2 aromatic rings. The van der Waals surface area contributed by atoms with Crippen LogP contribution in [0.15, 0.2) is 48.5 Å². The van der Waals surface area contributed by atoms with Gasteiger partial charge in [0.05, 0.1) is 18.9 Å². The van der Waals surface area contributed by atoms with Crippen LogP contribution in [0.5, 0.6) is 0 Å². The van der Waals surface area contributed by atoms with Crippen molar-refractivity contribution in [3.8, 4) is 0 Å². The van der Waals surface area contributed by atoms with E-state index in [1.807, 2.05) is 75.9 Å². The van der Waals surface area contributed by atoms with Crippen LogP contribution in [0.3, 0.4) is 0 Å². The fourth-order valence-corrected chi connectivity index (χ4v) is 3.23. The number of nitrogens with zero attached hydrogens (tertiary/aromatic N) is 2. The van der Waals surface area contributed by atoms with Crippen molar-refractivity contribution in [3.05, 3.63) is 65.5 Å². The third kappa shape index (κ3) is 7.55. The van der Waals surface area contributed by atoms with Crippen molar-refractivity contribution in [3.63, 3.8) is 0 Å². The predicted molar refractivity (Wildman–Crippen MR) is 123 cm³/mol. The lowest BCUT2D eigenvalue weighted by atomic mass is 10.1. The molecule has 0 N–H and O–H groups in total. The van der Waals surface area contributed by atoms with Gasteiger partial charge >= 0.3 is 6.09 Å². The molecule has 0 unspecified atom stereocenters. The molecule has 1 amide bonds. The van der Waals surface area contributed by atoms with Gasteiger partial charge in [0, 0.05) is 31.7 Å². The summed E-state index contributed by atoms with van der Waals surface area (Å²) in [5, 5.41) is 0. The van der Waals surface area contributed by atoms with E-state index >= 15 is 4.39 Å². The summed E-state index contributed by atoms with van der Waals surface area (Å²) < 4.78 is 26.1. The van der Waals surface area contributed by atoms with Gasteiger partial charge in [0.1, 0.15) is 5.60 Å². The second-order valence-electron chi connectivity index (χ2n) is 8.18. The van der Waals surface area contributed by atoms with Crippen LogP contribution >= 0.6 is 0 Å². The number of benzene rings is 2.